The number of phosphoric ester groups is 3. The van der Waals surface area contributed by atoms with Crippen molar-refractivity contribution in [2.45, 2.75) is 55.2 Å². The Kier molecular flexibility index (Phi) is 13.0. The zero-order valence-corrected chi connectivity index (χ0v) is 33.3. The Hall–Kier alpha value is -3.61. The number of aromatic amines is 2. The molecule has 0 amide bonds. The topological polar surface area (TPSA) is 439 Å². The highest BCUT2D eigenvalue weighted by molar-refractivity contribution is 7.46. The van der Waals surface area contributed by atoms with E-state index in [-0.39, 0.29) is 34.2 Å². The quantitative estimate of drug-likeness (QED) is 0.0382. The second kappa shape index (κ2) is 17.0. The Labute approximate surface area is 328 Å². The van der Waals surface area contributed by atoms with Gasteiger partial charge in [0.25, 0.3) is 38.7 Å². The number of nitrogens with two attached hydrogens (primary N) is 2. The second-order valence-corrected chi connectivity index (χ2v) is 17.0. The summed E-state index contributed by atoms with van der Waals surface area (Å²) in [4.78, 5) is 85.5. The van der Waals surface area contributed by atoms with Gasteiger partial charge in [-0.25, -0.2) is 9.13 Å². The van der Waals surface area contributed by atoms with Gasteiger partial charge in [0, 0.05) is 7.11 Å². The number of H-pyrrole nitrogens is 2. The molecule has 2 aliphatic heterocycles. The van der Waals surface area contributed by atoms with E-state index in [1.807, 2.05) is 0 Å². The predicted molar refractivity (Wildman–Crippen MR) is 180 cm³/mol. The highest BCUT2D eigenvalue weighted by atomic mass is 31.2. The Bertz CT molecular complexity index is 2460. The number of nitrogens with zero attached hydrogens (tertiary/aromatic N) is 6. The van der Waals surface area contributed by atoms with Gasteiger partial charge in [-0.15, -0.1) is 0 Å². The zero-order chi connectivity index (χ0) is 43.4. The third-order valence-electron chi connectivity index (χ3n) is 8.96. The van der Waals surface area contributed by atoms with Crippen molar-refractivity contribution in [2.24, 2.45) is 14.1 Å². The highest BCUT2D eigenvalue weighted by Gasteiger charge is 2.49. The first-order valence-electron chi connectivity index (χ1n) is 16.8. The van der Waals surface area contributed by atoms with Crippen LogP contribution in [0.3, 0.4) is 0 Å². The smallest absolute Gasteiger partial charge is 0.313 e. The fraction of sp³-hybridized carbons (Fsp3) is 0.615. The molecule has 4 aromatic heterocycles. The summed E-state index contributed by atoms with van der Waals surface area (Å²) >= 11 is 0. The van der Waals surface area contributed by atoms with Crippen LogP contribution >= 0.6 is 23.5 Å². The van der Waals surface area contributed by atoms with Crippen LogP contribution in [0.15, 0.2) is 22.2 Å². The number of nitrogens with one attached hydrogen (secondary N) is 2. The van der Waals surface area contributed by atoms with Crippen molar-refractivity contribution < 1.29 is 94.6 Å². The van der Waals surface area contributed by atoms with E-state index >= 15 is 0 Å². The van der Waals surface area contributed by atoms with Gasteiger partial charge in [-0.1, -0.05) is 9.97 Å². The number of aromatic nitrogens is 8. The highest BCUT2D eigenvalue weighted by Crippen LogP contribution is 2.43. The molecule has 9 N–H and O–H groups in total. The number of nitrogen functional groups attached to an aromatic ring is 2. The maximum atomic E-state index is 12.7. The van der Waals surface area contributed by atoms with E-state index in [1.165, 1.54) is 47.6 Å². The molecule has 0 aromatic carbocycles. The van der Waals surface area contributed by atoms with Crippen molar-refractivity contribution in [1.82, 2.24) is 29.1 Å². The van der Waals surface area contributed by atoms with Gasteiger partial charge in [-0.05, 0) is 0 Å². The van der Waals surface area contributed by atoms with Crippen LogP contribution in [-0.2, 0) is 64.6 Å². The molecule has 0 spiro atoms. The predicted octanol–water partition coefficient (Wildman–Crippen LogP) is -7.61. The van der Waals surface area contributed by atoms with Gasteiger partial charge < -0.3 is 87.8 Å². The second-order valence-electron chi connectivity index (χ2n) is 13.1. The van der Waals surface area contributed by atoms with Crippen molar-refractivity contribution in [3.05, 3.63) is 33.4 Å². The van der Waals surface area contributed by atoms with Crippen LogP contribution in [0.25, 0.3) is 22.3 Å². The van der Waals surface area contributed by atoms with Crippen LogP contribution in [0.2, 0.25) is 0 Å². The summed E-state index contributed by atoms with van der Waals surface area (Å²) in [6, 6.07) is 0. The van der Waals surface area contributed by atoms with Gasteiger partial charge in [-0.3, -0.25) is 37.8 Å². The molecule has 2 aliphatic rings. The summed E-state index contributed by atoms with van der Waals surface area (Å²) in [5.74, 6) is -0.516. The van der Waals surface area contributed by atoms with Gasteiger partial charge in [-0.2, -0.15) is 0 Å². The number of fused-ring (bicyclic) bond motifs is 2. The molecule has 0 aliphatic carbocycles. The average molecular weight is 903 g/mol. The number of hydrogen-bond acceptors (Lipinski definition) is 24. The third kappa shape index (κ3) is 9.81. The van der Waals surface area contributed by atoms with Gasteiger partial charge in [0.05, 0.1) is 48.3 Å². The number of aliphatic hydroxyl groups excluding tert-OH is 3. The fourth-order valence-corrected chi connectivity index (χ4v) is 8.38. The number of anilines is 2. The summed E-state index contributed by atoms with van der Waals surface area (Å²) in [6.07, 6.45) is -11.5. The summed E-state index contributed by atoms with van der Waals surface area (Å²) in [5, 5.41) is 32.1. The minimum atomic E-state index is -5.95. The molecular formula is C26H37N10O20P3-2. The monoisotopic (exact) mass is 902 g/mol. The lowest BCUT2D eigenvalue weighted by Crippen LogP contribution is -2.47. The number of phosphoric acid groups is 3. The normalized spacial score (nSPS) is 27.7. The van der Waals surface area contributed by atoms with Crippen molar-refractivity contribution in [3.8, 4) is 0 Å². The molecule has 0 bridgehead atoms. The number of aryl methyl sites for hydroxylation is 2. The number of methoxy groups -OCH3 is 1. The van der Waals surface area contributed by atoms with Crippen LogP contribution in [0, 0.1) is 0 Å². The number of hydrogen-bond donors (Lipinski definition) is 7. The van der Waals surface area contributed by atoms with Crippen LogP contribution in [0.4, 0.5) is 11.9 Å². The lowest BCUT2D eigenvalue weighted by molar-refractivity contribution is -0.746. The Balaban J connectivity index is 1.04. The molecular weight excluding hydrogens is 865 g/mol. The molecule has 6 heterocycles. The molecule has 328 valence electrons. The van der Waals surface area contributed by atoms with Crippen LogP contribution in [0.1, 0.15) is 12.5 Å². The van der Waals surface area contributed by atoms with Crippen LogP contribution < -0.4 is 51.3 Å². The van der Waals surface area contributed by atoms with Gasteiger partial charge in [0.2, 0.25) is 23.5 Å². The largest absolute Gasteiger partial charge is 0.790 e. The lowest BCUT2D eigenvalue weighted by atomic mass is 10.1. The fourth-order valence-electron chi connectivity index (χ4n) is 6.39. The van der Waals surface area contributed by atoms with Crippen molar-refractivity contribution in [2.75, 3.05) is 45.0 Å². The van der Waals surface area contributed by atoms with E-state index in [4.69, 9.17) is 34.7 Å². The van der Waals surface area contributed by atoms with Gasteiger partial charge in [0.15, 0.2) is 12.7 Å². The Morgan fingerprint density at radius 2 is 1.22 bits per heavy atom. The van der Waals surface area contributed by atoms with Crippen molar-refractivity contribution in [3.63, 3.8) is 0 Å². The molecule has 0 radical (unpaired) electrons. The molecule has 30 nitrogen and oxygen atoms in total. The number of imidazole rings is 2. The van der Waals surface area contributed by atoms with E-state index in [1.54, 1.807) is 0 Å². The third-order valence-corrected chi connectivity index (χ3v) is 11.4. The van der Waals surface area contributed by atoms with Gasteiger partial charge in [0.1, 0.15) is 42.7 Å². The van der Waals surface area contributed by atoms with Crippen LogP contribution in [0.5, 0.6) is 0 Å². The minimum absolute atomic E-state index is 0.0139. The van der Waals surface area contributed by atoms with Gasteiger partial charge >= 0.3 is 11.3 Å². The molecule has 0 saturated carbocycles. The van der Waals surface area contributed by atoms with E-state index < -0.39 is 116 Å². The zero-order valence-electron chi connectivity index (χ0n) is 30.6. The summed E-state index contributed by atoms with van der Waals surface area (Å²) < 4.78 is 81.4. The molecule has 6 rings (SSSR count). The molecule has 5 unspecified atom stereocenters. The molecule has 4 aromatic rings. The minimum Gasteiger partial charge on any atom is -0.790 e. The number of ether oxygens (including phenoxy) is 3. The van der Waals surface area contributed by atoms with E-state index in [0.717, 1.165) is 4.57 Å². The standard InChI is InChI=1S/C26H39N10O20P3/c1-33-8-35(19-13(33)21(40)31-25(27)29-19)23-17(39)15(37)11(54-23)6-52-58(45,46)50-4-10(56-57(42,43)44)5-51-59(47,48)53-7-12-16(38)18(49-3)24(55-12)36-9-34(2)14-20(36)30-26(28)32-22(14)41/h8-12,15-18,23-24,37-39H,4-7H2,1-3H3,(H8-2,27,28,29,30,31,32,40,41,42,43,44,45,46,47,48)/p-2/t10?,11?,12?,15-,16-,17-,18-,23-,24-/m1/s1. The molecule has 2 fully saturated rings. The lowest BCUT2D eigenvalue weighted by Gasteiger charge is -2.35. The maximum Gasteiger partial charge on any atom is 0.313 e. The molecule has 59 heavy (non-hydrogen) atoms. The number of rotatable bonds is 17. The Morgan fingerprint density at radius 1 is 0.780 bits per heavy atom. The first-order valence-corrected chi connectivity index (χ1v) is 21.2. The summed E-state index contributed by atoms with van der Waals surface area (Å²) in [6.45, 7) is -4.69. The van der Waals surface area contributed by atoms with E-state index in [9.17, 15) is 58.2 Å². The van der Waals surface area contributed by atoms with E-state index in [0.29, 0.717) is 0 Å². The maximum absolute atomic E-state index is 12.7. The van der Waals surface area contributed by atoms with Crippen molar-refractivity contribution >= 4 is 57.7 Å². The molecule has 11 atom stereocenters. The van der Waals surface area contributed by atoms with Crippen LogP contribution in [-0.4, -0.2) is 121 Å². The van der Waals surface area contributed by atoms with Crippen molar-refractivity contribution in [1.29, 1.82) is 0 Å². The summed E-state index contributed by atoms with van der Waals surface area (Å²) in [7, 11) is -12.8. The first kappa shape index (κ1) is 44.9. The van der Waals surface area contributed by atoms with E-state index in [2.05, 4.69) is 33.5 Å². The first-order chi connectivity index (χ1) is 27.5. The number of aliphatic hydroxyl groups is 3. The molecule has 2 saturated heterocycles. The SMILES string of the molecule is CO[C@@H]1[C@H](O)C(COP(=O)([O-])OCC(COP(=O)([O-])OCC2O[C@@H]([n+]3cn(C)c4c(=O)[nH]c(N)nc43)[C@H](O)[C@@H]2O)OP(=O)([O-])[O-])O[C@H]1[n+]1cn(C)c2c(=O)[nH]c(N)nc21. The molecule has 33 heteroatoms. The summed E-state index contributed by atoms with van der Waals surface area (Å²) in [5.41, 5.74) is 10.1. The Morgan fingerprint density at radius 3 is 1.68 bits per heavy atom. The average Bonchev–Trinajstić information content (AvgIpc) is 3.83.